The number of benzene rings is 1. The smallest absolute Gasteiger partial charge is 0.222 e. The molecule has 4 rings (SSSR count). The van der Waals surface area contributed by atoms with Crippen LogP contribution in [0, 0.1) is 0 Å². The molecule has 0 aliphatic carbocycles. The molecule has 0 unspecified atom stereocenters. The van der Waals surface area contributed by atoms with Gasteiger partial charge in [-0.2, -0.15) is 4.98 Å². The standard InChI is InChI=1S/C19H24FN5O/c1-26-15-4-2-13(3-5-15)10-24-8-7-16-17(12-24)22-19(21)23-18(16)25-9-6-14(20)11-25/h2-5,14H,6-12H2,1H3,(H2,21,22,23)/t14-/m0/s1. The Morgan fingerprint density at radius 3 is 2.73 bits per heavy atom. The molecule has 26 heavy (non-hydrogen) atoms. The zero-order valence-electron chi connectivity index (χ0n) is 15.0. The highest BCUT2D eigenvalue weighted by molar-refractivity contribution is 5.53. The number of hydrogen-bond acceptors (Lipinski definition) is 6. The van der Waals surface area contributed by atoms with Gasteiger partial charge in [-0.25, -0.2) is 9.37 Å². The van der Waals surface area contributed by atoms with Gasteiger partial charge in [0.05, 0.1) is 19.3 Å². The second kappa shape index (κ2) is 7.07. The van der Waals surface area contributed by atoms with Crippen LogP contribution in [0.5, 0.6) is 5.75 Å². The number of hydrogen-bond donors (Lipinski definition) is 1. The first-order valence-corrected chi connectivity index (χ1v) is 9.02. The average molecular weight is 357 g/mol. The van der Waals surface area contributed by atoms with Gasteiger partial charge in [0.1, 0.15) is 17.7 Å². The fourth-order valence-corrected chi connectivity index (χ4v) is 3.78. The summed E-state index contributed by atoms with van der Waals surface area (Å²) in [6, 6.07) is 8.12. The first kappa shape index (κ1) is 17.0. The highest BCUT2D eigenvalue weighted by atomic mass is 19.1. The van der Waals surface area contributed by atoms with Crippen molar-refractivity contribution in [2.45, 2.75) is 32.1 Å². The summed E-state index contributed by atoms with van der Waals surface area (Å²) in [6.45, 7) is 3.59. The summed E-state index contributed by atoms with van der Waals surface area (Å²) < 4.78 is 18.8. The van der Waals surface area contributed by atoms with E-state index in [0.29, 0.717) is 19.5 Å². The molecule has 7 heteroatoms. The lowest BCUT2D eigenvalue weighted by Crippen LogP contribution is -2.33. The van der Waals surface area contributed by atoms with E-state index in [1.807, 2.05) is 17.0 Å². The van der Waals surface area contributed by atoms with Crippen LogP contribution in [0.25, 0.3) is 0 Å². The average Bonchev–Trinajstić information content (AvgIpc) is 3.07. The van der Waals surface area contributed by atoms with Crippen LogP contribution in [0.1, 0.15) is 23.2 Å². The van der Waals surface area contributed by atoms with Gasteiger partial charge in [-0.1, -0.05) is 12.1 Å². The summed E-state index contributed by atoms with van der Waals surface area (Å²) in [5, 5.41) is 0. The number of rotatable bonds is 4. The molecule has 0 spiro atoms. The van der Waals surface area contributed by atoms with E-state index in [1.54, 1.807) is 7.11 Å². The van der Waals surface area contributed by atoms with Crippen LogP contribution in [0.15, 0.2) is 24.3 Å². The van der Waals surface area contributed by atoms with Crippen LogP contribution in [-0.4, -0.2) is 47.8 Å². The Hall–Kier alpha value is -2.41. The van der Waals surface area contributed by atoms with E-state index in [0.717, 1.165) is 48.9 Å². The van der Waals surface area contributed by atoms with Crippen molar-refractivity contribution in [2.24, 2.45) is 0 Å². The predicted octanol–water partition coefficient (Wildman–Crippen LogP) is 2.17. The number of nitrogen functional groups attached to an aromatic ring is 1. The molecule has 1 aromatic carbocycles. The first-order chi connectivity index (χ1) is 12.6. The van der Waals surface area contributed by atoms with E-state index in [1.165, 1.54) is 5.56 Å². The van der Waals surface area contributed by atoms with E-state index in [-0.39, 0.29) is 5.95 Å². The maximum Gasteiger partial charge on any atom is 0.222 e. The van der Waals surface area contributed by atoms with Crippen molar-refractivity contribution in [1.29, 1.82) is 0 Å². The molecule has 0 amide bonds. The fourth-order valence-electron chi connectivity index (χ4n) is 3.78. The van der Waals surface area contributed by atoms with Crippen molar-refractivity contribution < 1.29 is 9.13 Å². The van der Waals surface area contributed by atoms with Crippen molar-refractivity contribution in [2.75, 3.05) is 37.4 Å². The molecule has 6 nitrogen and oxygen atoms in total. The van der Waals surface area contributed by atoms with Crippen LogP contribution in [0.3, 0.4) is 0 Å². The molecule has 1 atom stereocenters. The molecule has 1 fully saturated rings. The van der Waals surface area contributed by atoms with Crippen LogP contribution in [0.2, 0.25) is 0 Å². The number of alkyl halides is 1. The maximum atomic E-state index is 13.6. The Labute approximate surface area is 152 Å². The summed E-state index contributed by atoms with van der Waals surface area (Å²) in [5.74, 6) is 1.96. The number of methoxy groups -OCH3 is 1. The quantitative estimate of drug-likeness (QED) is 0.905. The maximum absolute atomic E-state index is 13.6. The van der Waals surface area contributed by atoms with Gasteiger partial charge in [-0.3, -0.25) is 4.90 Å². The molecule has 0 radical (unpaired) electrons. The van der Waals surface area contributed by atoms with Gasteiger partial charge in [0.15, 0.2) is 0 Å². The Kier molecular flexibility index (Phi) is 4.63. The molecule has 0 saturated carbocycles. The van der Waals surface area contributed by atoms with Crippen molar-refractivity contribution >= 4 is 11.8 Å². The number of nitrogens with two attached hydrogens (primary N) is 1. The lowest BCUT2D eigenvalue weighted by atomic mass is 10.0. The fraction of sp³-hybridized carbons (Fsp3) is 0.474. The minimum atomic E-state index is -0.781. The van der Waals surface area contributed by atoms with Gasteiger partial charge < -0.3 is 15.4 Å². The van der Waals surface area contributed by atoms with Crippen LogP contribution < -0.4 is 15.4 Å². The highest BCUT2D eigenvalue weighted by Crippen LogP contribution is 2.30. The number of aromatic nitrogens is 2. The van der Waals surface area contributed by atoms with E-state index in [2.05, 4.69) is 27.0 Å². The van der Waals surface area contributed by atoms with Crippen molar-refractivity contribution in [3.8, 4) is 5.75 Å². The van der Waals surface area contributed by atoms with Crippen molar-refractivity contribution in [3.63, 3.8) is 0 Å². The van der Waals surface area contributed by atoms with Crippen molar-refractivity contribution in [1.82, 2.24) is 14.9 Å². The number of nitrogens with zero attached hydrogens (tertiary/aromatic N) is 4. The molecule has 2 aromatic rings. The summed E-state index contributed by atoms with van der Waals surface area (Å²) in [4.78, 5) is 13.3. The minimum absolute atomic E-state index is 0.271. The largest absolute Gasteiger partial charge is 0.497 e. The minimum Gasteiger partial charge on any atom is -0.497 e. The number of halogens is 1. The van der Waals surface area contributed by atoms with Crippen LogP contribution in [0.4, 0.5) is 16.2 Å². The Balaban J connectivity index is 1.52. The van der Waals surface area contributed by atoms with Gasteiger partial charge in [0, 0.05) is 31.7 Å². The summed E-state index contributed by atoms with van der Waals surface area (Å²) in [7, 11) is 1.67. The molecule has 1 aromatic heterocycles. The van der Waals surface area contributed by atoms with Gasteiger partial charge in [0.25, 0.3) is 0 Å². The number of ether oxygens (including phenoxy) is 1. The first-order valence-electron chi connectivity index (χ1n) is 9.02. The van der Waals surface area contributed by atoms with Crippen LogP contribution >= 0.6 is 0 Å². The Morgan fingerprint density at radius 2 is 2.04 bits per heavy atom. The third-order valence-electron chi connectivity index (χ3n) is 5.14. The molecular weight excluding hydrogens is 333 g/mol. The normalized spacial score (nSPS) is 20.2. The topological polar surface area (TPSA) is 67.5 Å². The third kappa shape index (κ3) is 3.44. The Morgan fingerprint density at radius 1 is 1.23 bits per heavy atom. The Bertz CT molecular complexity index is 782. The molecule has 0 bridgehead atoms. The predicted molar refractivity (Wildman–Crippen MR) is 99.0 cm³/mol. The zero-order chi connectivity index (χ0) is 18.1. The zero-order valence-corrected chi connectivity index (χ0v) is 15.0. The summed E-state index contributed by atoms with van der Waals surface area (Å²) in [6.07, 6.45) is 0.633. The lowest BCUT2D eigenvalue weighted by molar-refractivity contribution is 0.241. The van der Waals surface area contributed by atoms with E-state index in [9.17, 15) is 4.39 Å². The second-order valence-corrected chi connectivity index (χ2v) is 6.97. The lowest BCUT2D eigenvalue weighted by Gasteiger charge is -2.31. The second-order valence-electron chi connectivity index (χ2n) is 6.97. The summed E-state index contributed by atoms with van der Waals surface area (Å²) in [5.41, 5.74) is 9.26. The van der Waals surface area contributed by atoms with E-state index in [4.69, 9.17) is 10.5 Å². The summed E-state index contributed by atoms with van der Waals surface area (Å²) >= 11 is 0. The molecular formula is C19H24FN5O. The van der Waals surface area contributed by atoms with Gasteiger partial charge in [0.2, 0.25) is 5.95 Å². The third-order valence-corrected chi connectivity index (χ3v) is 5.14. The SMILES string of the molecule is COc1ccc(CN2CCc3c(nc(N)nc3N3CC[C@H](F)C3)C2)cc1. The molecule has 2 N–H and O–H groups in total. The number of fused-ring (bicyclic) bond motifs is 1. The van der Waals surface area contributed by atoms with Gasteiger partial charge in [-0.15, -0.1) is 0 Å². The molecule has 2 aliphatic rings. The molecule has 2 aliphatic heterocycles. The highest BCUT2D eigenvalue weighted by Gasteiger charge is 2.29. The van der Waals surface area contributed by atoms with E-state index >= 15 is 0 Å². The van der Waals surface area contributed by atoms with Gasteiger partial charge in [-0.05, 0) is 30.5 Å². The number of anilines is 2. The monoisotopic (exact) mass is 357 g/mol. The van der Waals surface area contributed by atoms with Crippen LogP contribution in [-0.2, 0) is 19.5 Å². The van der Waals surface area contributed by atoms with Gasteiger partial charge >= 0.3 is 0 Å². The van der Waals surface area contributed by atoms with Crippen molar-refractivity contribution in [3.05, 3.63) is 41.1 Å². The van der Waals surface area contributed by atoms with E-state index < -0.39 is 6.17 Å². The molecule has 3 heterocycles. The molecule has 1 saturated heterocycles. The molecule has 138 valence electrons.